The smallest absolute Gasteiger partial charge is 0.317 e. The van der Waals surface area contributed by atoms with E-state index in [0.717, 1.165) is 97.3 Å². The maximum Gasteiger partial charge on any atom is 0.317 e. The second kappa shape index (κ2) is 18.4. The minimum atomic E-state index is -0.966. The third-order valence-electron chi connectivity index (χ3n) is 13.1. The molecule has 0 spiro atoms. The number of nitrogens with one attached hydrogen (secondary N) is 3. The number of likely N-dealkylation sites (tertiary alicyclic amines) is 1. The Morgan fingerprint density at radius 2 is 1.55 bits per heavy atom. The van der Waals surface area contributed by atoms with E-state index >= 15 is 0 Å². The van der Waals surface area contributed by atoms with Gasteiger partial charge in [-0.15, -0.1) is 0 Å². The van der Waals surface area contributed by atoms with Gasteiger partial charge in [0.15, 0.2) is 0 Å². The van der Waals surface area contributed by atoms with Crippen molar-refractivity contribution in [1.82, 2.24) is 35.3 Å². The largest absolute Gasteiger partial charge is 0.372 e. The third-order valence-corrected chi connectivity index (χ3v) is 13.1. The first-order valence-corrected chi connectivity index (χ1v) is 22.5. The summed E-state index contributed by atoms with van der Waals surface area (Å²) in [5.41, 5.74) is 7.54. The van der Waals surface area contributed by atoms with Crippen molar-refractivity contribution < 1.29 is 28.7 Å². The fraction of sp³-hybridized carbons (Fsp3) is 0.438. The predicted molar refractivity (Wildman–Crippen MR) is 242 cm³/mol. The number of aromatic nitrogens is 2. The van der Waals surface area contributed by atoms with Crippen LogP contribution in [0.3, 0.4) is 0 Å². The van der Waals surface area contributed by atoms with Crippen LogP contribution in [0.25, 0.3) is 11.3 Å². The quantitative estimate of drug-likeness (QED) is 0.164. The third kappa shape index (κ3) is 9.29. The summed E-state index contributed by atoms with van der Waals surface area (Å²) in [5, 5.41) is 8.66. The van der Waals surface area contributed by atoms with E-state index in [-0.39, 0.29) is 37.0 Å². The normalized spacial score (nSPS) is 19.8. The first kappa shape index (κ1) is 42.9. The van der Waals surface area contributed by atoms with E-state index in [1.807, 2.05) is 45.0 Å². The maximum absolute atomic E-state index is 13.4. The van der Waals surface area contributed by atoms with Crippen LogP contribution in [0.1, 0.15) is 71.4 Å². The number of carbonyl (C=O) groups is 5. The molecule has 0 radical (unpaired) electrons. The van der Waals surface area contributed by atoms with E-state index in [9.17, 15) is 24.0 Å². The second-order valence-corrected chi connectivity index (χ2v) is 17.8. The first-order chi connectivity index (χ1) is 30.9. The van der Waals surface area contributed by atoms with Crippen LogP contribution in [0.15, 0.2) is 72.9 Å². The SMILES string of the molecule is Cc1cc(-c2ccnc(Nc3ccc(N4CCN(CC5CCN(c6ccc7c(c6)C(=O)N(C6CCC(=O)NC6=O)C7=O)CC5)CC4)cc3)n2)ccc1CNC(=O)N1CC(OC(C)C)C1. The Labute approximate surface area is 373 Å². The van der Waals surface area contributed by atoms with Crippen molar-refractivity contribution in [2.24, 2.45) is 5.92 Å². The number of piperazine rings is 1. The van der Waals surface area contributed by atoms with Crippen LogP contribution in [0, 0.1) is 12.8 Å². The van der Waals surface area contributed by atoms with Crippen LogP contribution in [0.2, 0.25) is 0 Å². The van der Waals surface area contributed by atoms with E-state index in [2.05, 4.69) is 66.0 Å². The second-order valence-electron chi connectivity index (χ2n) is 17.8. The molecule has 0 aliphatic carbocycles. The summed E-state index contributed by atoms with van der Waals surface area (Å²) in [6, 6.07) is 20.8. The van der Waals surface area contributed by atoms with Crippen LogP contribution in [-0.2, 0) is 20.9 Å². The molecule has 4 fully saturated rings. The molecule has 0 bridgehead atoms. The van der Waals surface area contributed by atoms with Gasteiger partial charge in [0, 0.05) is 87.6 Å². The molecule has 64 heavy (non-hydrogen) atoms. The number of piperidine rings is 2. The number of anilines is 4. The number of hydrogen-bond acceptors (Lipinski definition) is 12. The summed E-state index contributed by atoms with van der Waals surface area (Å²) in [5.74, 6) is -0.846. The summed E-state index contributed by atoms with van der Waals surface area (Å²) in [7, 11) is 0. The van der Waals surface area contributed by atoms with E-state index in [4.69, 9.17) is 9.72 Å². The van der Waals surface area contributed by atoms with Crippen LogP contribution in [0.4, 0.5) is 27.8 Å². The zero-order valence-electron chi connectivity index (χ0n) is 36.7. The summed E-state index contributed by atoms with van der Waals surface area (Å²) < 4.78 is 5.77. The average Bonchev–Trinajstić information content (AvgIpc) is 3.52. The molecule has 4 saturated heterocycles. The minimum Gasteiger partial charge on any atom is -0.372 e. The lowest BCUT2D eigenvalue weighted by molar-refractivity contribution is -0.136. The molecule has 9 rings (SSSR count). The number of amides is 6. The summed E-state index contributed by atoms with van der Waals surface area (Å²) in [4.78, 5) is 82.6. The van der Waals surface area contributed by atoms with Gasteiger partial charge in [0.05, 0.1) is 42.1 Å². The molecule has 6 amide bonds. The maximum atomic E-state index is 13.4. The first-order valence-electron chi connectivity index (χ1n) is 22.5. The van der Waals surface area contributed by atoms with Gasteiger partial charge in [-0.3, -0.25) is 34.3 Å². The van der Waals surface area contributed by atoms with Crippen molar-refractivity contribution in [3.63, 3.8) is 0 Å². The number of carbonyl (C=O) groups excluding carboxylic acids is 5. The topological polar surface area (TPSA) is 173 Å². The summed E-state index contributed by atoms with van der Waals surface area (Å²) in [6.45, 7) is 14.4. The molecule has 16 nitrogen and oxygen atoms in total. The number of ether oxygens (including phenoxy) is 1. The number of fused-ring (bicyclic) bond motifs is 1. The highest BCUT2D eigenvalue weighted by Gasteiger charge is 2.45. The van der Waals surface area contributed by atoms with Gasteiger partial charge in [-0.05, 0) is 112 Å². The molecule has 6 heterocycles. The Kier molecular flexibility index (Phi) is 12.3. The van der Waals surface area contributed by atoms with Crippen molar-refractivity contribution in [2.45, 2.75) is 71.2 Å². The Hall–Kier alpha value is -6.39. The van der Waals surface area contributed by atoms with Crippen LogP contribution in [-0.4, -0.2) is 131 Å². The number of rotatable bonds is 12. The van der Waals surface area contributed by atoms with Crippen molar-refractivity contribution in [1.29, 1.82) is 0 Å². The van der Waals surface area contributed by atoms with Crippen LogP contribution >= 0.6 is 0 Å². The number of hydrogen-bond donors (Lipinski definition) is 3. The molecular formula is C48H56N10O6. The Morgan fingerprint density at radius 3 is 2.27 bits per heavy atom. The number of aryl methyl sites for hydroxylation is 1. The number of benzene rings is 3. The monoisotopic (exact) mass is 868 g/mol. The standard InChI is InChI=1S/C48H56N10O6/c1-30(2)64-38-28-57(29-38)48(63)50-26-34-5-4-33(24-31(34)3)41-14-17-49-47(52-41)51-35-6-8-36(9-7-35)56-22-20-54(21-23-56)27-32-15-18-55(19-16-32)37-10-11-39-40(25-37)46(62)58(45(39)61)42-12-13-43(59)53-44(42)60/h4-11,14,17,24-25,30,32,38,42H,12-13,15-16,18-23,26-29H2,1-3H3,(H,50,63)(H,49,51,52)(H,53,59,60). The summed E-state index contributed by atoms with van der Waals surface area (Å²) in [6.07, 6.45) is 4.35. The molecule has 334 valence electrons. The molecule has 1 unspecified atom stereocenters. The van der Waals surface area contributed by atoms with Crippen LogP contribution in [0.5, 0.6) is 0 Å². The zero-order chi connectivity index (χ0) is 44.5. The lowest BCUT2D eigenvalue weighted by Crippen LogP contribution is -2.58. The van der Waals surface area contributed by atoms with E-state index in [0.29, 0.717) is 42.6 Å². The van der Waals surface area contributed by atoms with Gasteiger partial charge in [-0.1, -0.05) is 12.1 Å². The molecule has 0 saturated carbocycles. The molecule has 4 aromatic rings. The van der Waals surface area contributed by atoms with Gasteiger partial charge in [0.1, 0.15) is 6.04 Å². The Bertz CT molecular complexity index is 2420. The molecule has 5 aliphatic heterocycles. The lowest BCUT2D eigenvalue weighted by Gasteiger charge is -2.40. The average molecular weight is 869 g/mol. The van der Waals surface area contributed by atoms with E-state index in [1.165, 1.54) is 5.69 Å². The molecule has 3 N–H and O–H groups in total. The molecule has 1 aromatic heterocycles. The van der Waals surface area contributed by atoms with E-state index < -0.39 is 23.8 Å². The number of nitrogens with zero attached hydrogens (tertiary/aromatic N) is 7. The van der Waals surface area contributed by atoms with Crippen molar-refractivity contribution in [2.75, 3.05) is 74.0 Å². The minimum absolute atomic E-state index is 0.0721. The zero-order valence-corrected chi connectivity index (χ0v) is 36.7. The van der Waals surface area contributed by atoms with Crippen molar-refractivity contribution in [3.8, 4) is 11.3 Å². The molecule has 5 aliphatic rings. The number of urea groups is 1. The Balaban J connectivity index is 0.711. The van der Waals surface area contributed by atoms with Gasteiger partial charge >= 0.3 is 6.03 Å². The Morgan fingerprint density at radius 1 is 0.828 bits per heavy atom. The highest BCUT2D eigenvalue weighted by Crippen LogP contribution is 2.33. The lowest BCUT2D eigenvalue weighted by atomic mass is 9.95. The molecule has 3 aromatic carbocycles. The van der Waals surface area contributed by atoms with Gasteiger partial charge in [-0.25, -0.2) is 14.8 Å². The van der Waals surface area contributed by atoms with E-state index in [1.54, 1.807) is 23.2 Å². The molecule has 16 heteroatoms. The van der Waals surface area contributed by atoms with Gasteiger partial charge in [-0.2, -0.15) is 0 Å². The van der Waals surface area contributed by atoms with Crippen molar-refractivity contribution in [3.05, 3.63) is 95.2 Å². The molecular weight excluding hydrogens is 813 g/mol. The highest BCUT2D eigenvalue weighted by molar-refractivity contribution is 6.23. The highest BCUT2D eigenvalue weighted by atomic mass is 16.5. The fourth-order valence-electron chi connectivity index (χ4n) is 9.46. The predicted octanol–water partition coefficient (Wildman–Crippen LogP) is 4.95. The number of imide groups is 2. The van der Waals surface area contributed by atoms with Gasteiger partial charge in [0.25, 0.3) is 11.8 Å². The van der Waals surface area contributed by atoms with Gasteiger partial charge in [0.2, 0.25) is 17.8 Å². The van der Waals surface area contributed by atoms with Gasteiger partial charge < -0.3 is 30.1 Å². The molecule has 1 atom stereocenters. The fourth-order valence-corrected chi connectivity index (χ4v) is 9.46. The van der Waals surface area contributed by atoms with Crippen LogP contribution < -0.4 is 25.8 Å². The summed E-state index contributed by atoms with van der Waals surface area (Å²) >= 11 is 0. The van der Waals surface area contributed by atoms with Crippen molar-refractivity contribution >= 4 is 52.7 Å².